The first-order valence-corrected chi connectivity index (χ1v) is 7.16. The smallest absolute Gasteiger partial charge is 0.267 e. The van der Waals surface area contributed by atoms with Crippen LogP contribution in [0.2, 0.25) is 10.0 Å². The fourth-order valence-electron chi connectivity index (χ4n) is 1.66. The van der Waals surface area contributed by atoms with E-state index in [1.807, 2.05) is 23.6 Å². The molecular weight excluding hydrogens is 303 g/mol. The zero-order valence-electron chi connectivity index (χ0n) is 9.64. The molecule has 0 aliphatic rings. The summed E-state index contributed by atoms with van der Waals surface area (Å²) in [4.78, 5) is 5.31. The zero-order chi connectivity index (χ0) is 13.2. The lowest BCUT2D eigenvalue weighted by atomic mass is 10.1. The van der Waals surface area contributed by atoms with Gasteiger partial charge in [-0.05, 0) is 29.1 Å². The van der Waals surface area contributed by atoms with Crippen LogP contribution in [-0.4, -0.2) is 10.1 Å². The van der Waals surface area contributed by atoms with Gasteiger partial charge in [0.2, 0.25) is 0 Å². The molecule has 0 aliphatic carbocycles. The molecule has 19 heavy (non-hydrogen) atoms. The Kier molecular flexibility index (Phi) is 3.55. The van der Waals surface area contributed by atoms with Gasteiger partial charge in [0.1, 0.15) is 0 Å². The van der Waals surface area contributed by atoms with Gasteiger partial charge >= 0.3 is 0 Å². The van der Waals surface area contributed by atoms with Gasteiger partial charge in [0.25, 0.3) is 5.89 Å². The maximum absolute atomic E-state index is 6.12. The van der Waals surface area contributed by atoms with E-state index in [1.165, 1.54) is 0 Å². The van der Waals surface area contributed by atoms with Crippen LogP contribution in [0.4, 0.5) is 0 Å². The molecule has 0 unspecified atom stereocenters. The fourth-order valence-corrected chi connectivity index (χ4v) is 2.78. The molecule has 0 saturated carbocycles. The van der Waals surface area contributed by atoms with Crippen LogP contribution in [0.25, 0.3) is 10.8 Å². The number of nitrogens with zero attached hydrogens (tertiary/aromatic N) is 2. The third kappa shape index (κ3) is 2.81. The summed E-state index contributed by atoms with van der Waals surface area (Å²) in [5.41, 5.74) is 0.921. The standard InChI is InChI=1S/C13H8Cl2N2OS/c14-9-4-3-8(10(15)7-9)6-12-16-13(18-17-12)11-2-1-5-19-11/h1-5,7H,6H2. The van der Waals surface area contributed by atoms with Crippen molar-refractivity contribution in [2.45, 2.75) is 6.42 Å². The summed E-state index contributed by atoms with van der Waals surface area (Å²) in [6, 6.07) is 9.25. The monoisotopic (exact) mass is 310 g/mol. The summed E-state index contributed by atoms with van der Waals surface area (Å²) in [5.74, 6) is 1.14. The molecule has 0 fully saturated rings. The largest absolute Gasteiger partial charge is 0.333 e. The van der Waals surface area contributed by atoms with Gasteiger partial charge in [-0.1, -0.05) is 40.5 Å². The van der Waals surface area contributed by atoms with Crippen molar-refractivity contribution in [2.24, 2.45) is 0 Å². The molecule has 6 heteroatoms. The zero-order valence-corrected chi connectivity index (χ0v) is 12.0. The molecule has 2 heterocycles. The third-order valence-corrected chi connectivity index (χ3v) is 4.01. The SMILES string of the molecule is Clc1ccc(Cc2noc(-c3cccs3)n2)c(Cl)c1. The van der Waals surface area contributed by atoms with E-state index in [1.54, 1.807) is 23.5 Å². The molecule has 0 radical (unpaired) electrons. The minimum Gasteiger partial charge on any atom is -0.333 e. The molecule has 0 aliphatic heterocycles. The Morgan fingerprint density at radius 2 is 2.11 bits per heavy atom. The third-order valence-electron chi connectivity index (χ3n) is 2.56. The molecule has 2 aromatic heterocycles. The van der Waals surface area contributed by atoms with Crippen LogP contribution in [0.1, 0.15) is 11.4 Å². The van der Waals surface area contributed by atoms with E-state index in [4.69, 9.17) is 27.7 Å². The maximum Gasteiger partial charge on any atom is 0.267 e. The molecule has 3 nitrogen and oxygen atoms in total. The summed E-state index contributed by atoms with van der Waals surface area (Å²) in [6.07, 6.45) is 0.519. The number of rotatable bonds is 3. The van der Waals surface area contributed by atoms with Crippen molar-refractivity contribution in [3.63, 3.8) is 0 Å². The molecule has 1 aromatic carbocycles. The summed E-state index contributed by atoms with van der Waals surface area (Å²) in [7, 11) is 0. The molecule has 0 atom stereocenters. The van der Waals surface area contributed by atoms with E-state index in [9.17, 15) is 0 Å². The Balaban J connectivity index is 1.84. The van der Waals surface area contributed by atoms with Crippen LogP contribution >= 0.6 is 34.5 Å². The van der Waals surface area contributed by atoms with Crippen LogP contribution in [0.3, 0.4) is 0 Å². The number of benzene rings is 1. The summed E-state index contributed by atoms with van der Waals surface area (Å²) < 4.78 is 5.22. The Morgan fingerprint density at radius 3 is 2.84 bits per heavy atom. The van der Waals surface area contributed by atoms with Gasteiger partial charge in [-0.25, -0.2) is 0 Å². The van der Waals surface area contributed by atoms with Crippen molar-refractivity contribution in [2.75, 3.05) is 0 Å². The Bertz CT molecular complexity index is 694. The molecular formula is C13H8Cl2N2OS. The topological polar surface area (TPSA) is 38.9 Å². The number of hydrogen-bond acceptors (Lipinski definition) is 4. The highest BCUT2D eigenvalue weighted by atomic mass is 35.5. The van der Waals surface area contributed by atoms with E-state index < -0.39 is 0 Å². The minimum absolute atomic E-state index is 0.519. The normalized spacial score (nSPS) is 10.8. The second-order valence-electron chi connectivity index (χ2n) is 3.91. The van der Waals surface area contributed by atoms with Crippen LogP contribution in [-0.2, 0) is 6.42 Å². The van der Waals surface area contributed by atoms with Gasteiger partial charge in [0, 0.05) is 16.5 Å². The van der Waals surface area contributed by atoms with Crippen LogP contribution < -0.4 is 0 Å². The Morgan fingerprint density at radius 1 is 1.21 bits per heavy atom. The van der Waals surface area contributed by atoms with Crippen molar-refractivity contribution >= 4 is 34.5 Å². The van der Waals surface area contributed by atoms with E-state index >= 15 is 0 Å². The number of halogens is 2. The lowest BCUT2D eigenvalue weighted by Crippen LogP contribution is -1.91. The Labute approximate surface area is 123 Å². The quantitative estimate of drug-likeness (QED) is 0.704. The second-order valence-corrected chi connectivity index (χ2v) is 5.70. The van der Waals surface area contributed by atoms with E-state index in [0.717, 1.165) is 10.4 Å². The van der Waals surface area contributed by atoms with Gasteiger partial charge in [-0.3, -0.25) is 0 Å². The molecule has 0 bridgehead atoms. The van der Waals surface area contributed by atoms with E-state index in [0.29, 0.717) is 28.2 Å². The Hall–Kier alpha value is -1.36. The van der Waals surface area contributed by atoms with Gasteiger partial charge in [0.15, 0.2) is 5.82 Å². The van der Waals surface area contributed by atoms with Gasteiger partial charge in [0.05, 0.1) is 4.88 Å². The van der Waals surface area contributed by atoms with E-state index in [2.05, 4.69) is 10.1 Å². The predicted molar refractivity (Wildman–Crippen MR) is 76.9 cm³/mol. The number of hydrogen-bond donors (Lipinski definition) is 0. The van der Waals surface area contributed by atoms with Gasteiger partial charge in [-0.15, -0.1) is 11.3 Å². The second kappa shape index (κ2) is 5.33. The molecule has 3 rings (SSSR count). The van der Waals surface area contributed by atoms with Crippen LogP contribution in [0, 0.1) is 0 Å². The summed E-state index contributed by atoms with van der Waals surface area (Å²) in [6.45, 7) is 0. The molecule has 0 N–H and O–H groups in total. The van der Waals surface area contributed by atoms with Gasteiger partial charge < -0.3 is 4.52 Å². The lowest BCUT2D eigenvalue weighted by Gasteiger charge is -2.00. The highest BCUT2D eigenvalue weighted by Crippen LogP contribution is 2.25. The molecule has 0 spiro atoms. The van der Waals surface area contributed by atoms with Crippen molar-refractivity contribution in [3.8, 4) is 10.8 Å². The predicted octanol–water partition coefficient (Wildman–Crippen LogP) is 4.70. The molecule has 3 aromatic rings. The molecule has 0 amide bonds. The van der Waals surface area contributed by atoms with Crippen molar-refractivity contribution in [3.05, 3.63) is 57.1 Å². The summed E-state index contributed by atoms with van der Waals surface area (Å²) in [5, 5.41) is 7.15. The fraction of sp³-hybridized carbons (Fsp3) is 0.0769. The van der Waals surface area contributed by atoms with E-state index in [-0.39, 0.29) is 0 Å². The van der Waals surface area contributed by atoms with Crippen LogP contribution in [0.5, 0.6) is 0 Å². The maximum atomic E-state index is 6.12. The van der Waals surface area contributed by atoms with Crippen molar-refractivity contribution in [1.82, 2.24) is 10.1 Å². The average Bonchev–Trinajstić information content (AvgIpc) is 3.03. The first-order valence-electron chi connectivity index (χ1n) is 5.53. The number of aromatic nitrogens is 2. The highest BCUT2D eigenvalue weighted by Gasteiger charge is 2.11. The summed E-state index contributed by atoms with van der Waals surface area (Å²) >= 11 is 13.5. The number of thiophene rings is 1. The highest BCUT2D eigenvalue weighted by molar-refractivity contribution is 7.13. The average molecular weight is 311 g/mol. The lowest BCUT2D eigenvalue weighted by molar-refractivity contribution is 0.425. The minimum atomic E-state index is 0.519. The van der Waals surface area contributed by atoms with Gasteiger partial charge in [-0.2, -0.15) is 4.98 Å². The first-order chi connectivity index (χ1) is 9.22. The molecule has 0 saturated heterocycles. The first kappa shape index (κ1) is 12.7. The van der Waals surface area contributed by atoms with Crippen molar-refractivity contribution < 1.29 is 4.52 Å². The van der Waals surface area contributed by atoms with Crippen LogP contribution in [0.15, 0.2) is 40.2 Å². The molecule has 96 valence electrons. The van der Waals surface area contributed by atoms with Crippen molar-refractivity contribution in [1.29, 1.82) is 0 Å².